The van der Waals surface area contributed by atoms with Gasteiger partial charge in [-0.05, 0) is 26.5 Å². The van der Waals surface area contributed by atoms with Gasteiger partial charge in [0.05, 0.1) is 10.6 Å². The smallest absolute Gasteiger partial charge is 0.253 e. The molecule has 0 aromatic carbocycles. The van der Waals surface area contributed by atoms with Crippen LogP contribution >= 0.6 is 23.2 Å². The number of carbonyl (C=O) groups is 1. The van der Waals surface area contributed by atoms with Crippen LogP contribution in [0.2, 0.25) is 10.2 Å². The summed E-state index contributed by atoms with van der Waals surface area (Å²) in [6.45, 7) is 5.65. The molecule has 1 heterocycles. The number of hydrogen-bond donors (Lipinski definition) is 1. The van der Waals surface area contributed by atoms with Crippen molar-refractivity contribution < 1.29 is 4.79 Å². The molecule has 0 bridgehead atoms. The molecule has 1 aromatic rings. The zero-order valence-electron chi connectivity index (χ0n) is 11.4. The molecular formula is C13H19Cl2N3O. The predicted octanol–water partition coefficient (Wildman–Crippen LogP) is 2.85. The molecule has 1 amide bonds. The molecule has 1 rings (SSSR count). The Morgan fingerprint density at radius 1 is 1.53 bits per heavy atom. The van der Waals surface area contributed by atoms with Gasteiger partial charge in [0.15, 0.2) is 0 Å². The molecule has 6 heteroatoms. The van der Waals surface area contributed by atoms with Crippen LogP contribution in [0.15, 0.2) is 12.3 Å². The lowest BCUT2D eigenvalue weighted by Crippen LogP contribution is -2.37. The number of amides is 1. The summed E-state index contributed by atoms with van der Waals surface area (Å²) in [5, 5.41) is 3.38. The highest BCUT2D eigenvalue weighted by Gasteiger charge is 2.12. The first-order valence-corrected chi connectivity index (χ1v) is 7.00. The van der Waals surface area contributed by atoms with Crippen molar-refractivity contribution in [2.75, 3.05) is 20.1 Å². The van der Waals surface area contributed by atoms with Crippen LogP contribution < -0.4 is 5.32 Å². The minimum atomic E-state index is -0.230. The van der Waals surface area contributed by atoms with Gasteiger partial charge in [-0.25, -0.2) is 4.98 Å². The summed E-state index contributed by atoms with van der Waals surface area (Å²) < 4.78 is 0. The lowest BCUT2D eigenvalue weighted by molar-refractivity contribution is 0.0947. The van der Waals surface area contributed by atoms with Gasteiger partial charge in [0.25, 0.3) is 5.91 Å². The van der Waals surface area contributed by atoms with E-state index in [4.69, 9.17) is 23.2 Å². The third-order valence-corrected chi connectivity index (χ3v) is 3.67. The predicted molar refractivity (Wildman–Crippen MR) is 79.0 cm³/mol. The highest BCUT2D eigenvalue weighted by Crippen LogP contribution is 2.17. The lowest BCUT2D eigenvalue weighted by Gasteiger charge is -2.23. The minimum absolute atomic E-state index is 0.230. The average molecular weight is 304 g/mol. The Morgan fingerprint density at radius 3 is 2.84 bits per heavy atom. The van der Waals surface area contributed by atoms with Crippen LogP contribution in [0.1, 0.15) is 30.6 Å². The van der Waals surface area contributed by atoms with Crippen molar-refractivity contribution in [3.8, 4) is 0 Å². The molecule has 0 spiro atoms. The number of nitrogens with one attached hydrogen (secondary N) is 1. The topological polar surface area (TPSA) is 45.2 Å². The third kappa shape index (κ3) is 4.97. The molecule has 0 fully saturated rings. The Bertz CT molecular complexity index is 440. The average Bonchev–Trinajstić information content (AvgIpc) is 2.40. The molecule has 1 aromatic heterocycles. The van der Waals surface area contributed by atoms with Gasteiger partial charge in [-0.2, -0.15) is 0 Å². The fourth-order valence-electron chi connectivity index (χ4n) is 1.56. The Morgan fingerprint density at radius 2 is 2.21 bits per heavy atom. The summed E-state index contributed by atoms with van der Waals surface area (Å²) >= 11 is 11.7. The van der Waals surface area contributed by atoms with Crippen molar-refractivity contribution in [1.29, 1.82) is 0 Å². The number of nitrogens with zero attached hydrogens (tertiary/aromatic N) is 2. The fourth-order valence-corrected chi connectivity index (χ4v) is 1.91. The highest BCUT2D eigenvalue weighted by molar-refractivity contribution is 6.35. The van der Waals surface area contributed by atoms with Crippen molar-refractivity contribution in [2.24, 2.45) is 0 Å². The first-order chi connectivity index (χ1) is 8.95. The Balaban J connectivity index is 2.50. The van der Waals surface area contributed by atoms with Crippen molar-refractivity contribution in [1.82, 2.24) is 15.2 Å². The molecule has 0 aliphatic heterocycles. The fraction of sp³-hybridized carbons (Fsp3) is 0.538. The number of carbonyl (C=O) groups excluding carboxylic acids is 1. The van der Waals surface area contributed by atoms with E-state index in [0.29, 0.717) is 23.2 Å². The zero-order valence-corrected chi connectivity index (χ0v) is 12.9. The molecule has 0 saturated heterocycles. The minimum Gasteiger partial charge on any atom is -0.351 e. The highest BCUT2D eigenvalue weighted by atomic mass is 35.5. The molecule has 1 N–H and O–H groups in total. The molecule has 0 aliphatic carbocycles. The molecule has 1 atom stereocenters. The maximum Gasteiger partial charge on any atom is 0.253 e. The lowest BCUT2D eigenvalue weighted by atomic mass is 10.2. The molecular weight excluding hydrogens is 285 g/mol. The number of pyridine rings is 1. The van der Waals surface area contributed by atoms with Crippen LogP contribution in [0, 0.1) is 0 Å². The first-order valence-electron chi connectivity index (χ1n) is 6.25. The Hall–Kier alpha value is -0.840. The van der Waals surface area contributed by atoms with Crippen LogP contribution in [0.5, 0.6) is 0 Å². The monoisotopic (exact) mass is 303 g/mol. The first kappa shape index (κ1) is 16.2. The van der Waals surface area contributed by atoms with E-state index in [1.165, 1.54) is 12.3 Å². The normalized spacial score (nSPS) is 12.5. The summed E-state index contributed by atoms with van der Waals surface area (Å²) in [6, 6.07) is 1.97. The van der Waals surface area contributed by atoms with E-state index < -0.39 is 0 Å². The van der Waals surface area contributed by atoms with Gasteiger partial charge in [-0.1, -0.05) is 30.1 Å². The van der Waals surface area contributed by atoms with Crippen LogP contribution in [0.3, 0.4) is 0 Å². The van der Waals surface area contributed by atoms with Crippen molar-refractivity contribution in [2.45, 2.75) is 26.3 Å². The molecule has 0 aliphatic rings. The second kappa shape index (κ2) is 7.68. The van der Waals surface area contributed by atoms with E-state index in [0.717, 1.165) is 13.0 Å². The van der Waals surface area contributed by atoms with Crippen molar-refractivity contribution >= 4 is 29.1 Å². The van der Waals surface area contributed by atoms with Gasteiger partial charge in [0, 0.05) is 25.3 Å². The van der Waals surface area contributed by atoms with Crippen LogP contribution in [0.25, 0.3) is 0 Å². The van der Waals surface area contributed by atoms with Gasteiger partial charge in [-0.15, -0.1) is 0 Å². The quantitative estimate of drug-likeness (QED) is 0.822. The zero-order chi connectivity index (χ0) is 14.4. The van der Waals surface area contributed by atoms with E-state index in [1.807, 2.05) is 7.05 Å². The number of halogens is 2. The van der Waals surface area contributed by atoms with Gasteiger partial charge >= 0.3 is 0 Å². The molecule has 0 saturated carbocycles. The summed E-state index contributed by atoms with van der Waals surface area (Å²) in [5.41, 5.74) is 0.354. The number of hydrogen-bond acceptors (Lipinski definition) is 3. The third-order valence-electron chi connectivity index (χ3n) is 3.16. The summed E-state index contributed by atoms with van der Waals surface area (Å²) in [6.07, 6.45) is 2.46. The van der Waals surface area contributed by atoms with Gasteiger partial charge < -0.3 is 10.2 Å². The molecule has 4 nitrogen and oxygen atoms in total. The van der Waals surface area contributed by atoms with Crippen molar-refractivity contribution in [3.05, 3.63) is 28.0 Å². The summed E-state index contributed by atoms with van der Waals surface area (Å²) in [7, 11) is 2.04. The SMILES string of the molecule is CCC(C)N(C)CCNC(=O)c1cc(Cl)ncc1Cl. The van der Waals surface area contributed by atoms with Gasteiger partial charge in [-0.3, -0.25) is 4.79 Å². The Labute approximate surface area is 124 Å². The Kier molecular flexibility index (Phi) is 6.55. The van der Waals surface area contributed by atoms with Crippen LogP contribution in [0.4, 0.5) is 0 Å². The van der Waals surface area contributed by atoms with E-state index >= 15 is 0 Å². The maximum absolute atomic E-state index is 11.9. The van der Waals surface area contributed by atoms with E-state index in [9.17, 15) is 4.79 Å². The summed E-state index contributed by atoms with van der Waals surface area (Å²) in [5.74, 6) is -0.230. The van der Waals surface area contributed by atoms with Crippen LogP contribution in [-0.4, -0.2) is 42.0 Å². The van der Waals surface area contributed by atoms with E-state index in [2.05, 4.69) is 29.0 Å². The maximum atomic E-state index is 11.9. The van der Waals surface area contributed by atoms with Crippen LogP contribution in [-0.2, 0) is 0 Å². The van der Waals surface area contributed by atoms with Gasteiger partial charge in [0.2, 0.25) is 0 Å². The second-order valence-electron chi connectivity index (χ2n) is 4.48. The summed E-state index contributed by atoms with van der Waals surface area (Å²) in [4.78, 5) is 17.9. The van der Waals surface area contributed by atoms with E-state index in [1.54, 1.807) is 0 Å². The van der Waals surface area contributed by atoms with E-state index in [-0.39, 0.29) is 11.1 Å². The molecule has 106 valence electrons. The van der Waals surface area contributed by atoms with Crippen molar-refractivity contribution in [3.63, 3.8) is 0 Å². The standard InChI is InChI=1S/C13H19Cl2N3O/c1-4-9(2)18(3)6-5-16-13(19)10-7-12(15)17-8-11(10)14/h7-9H,4-6H2,1-3H3,(H,16,19). The number of aromatic nitrogens is 1. The molecule has 0 radical (unpaired) electrons. The molecule has 1 unspecified atom stereocenters. The molecule has 19 heavy (non-hydrogen) atoms. The number of likely N-dealkylation sites (N-methyl/N-ethyl adjacent to an activating group) is 1. The largest absolute Gasteiger partial charge is 0.351 e. The second-order valence-corrected chi connectivity index (χ2v) is 5.28. The van der Waals surface area contributed by atoms with Gasteiger partial charge in [0.1, 0.15) is 5.15 Å². The number of rotatable bonds is 6.